The molecule has 0 aromatic heterocycles. The van der Waals surface area contributed by atoms with Crippen LogP contribution in [0.5, 0.6) is 5.75 Å². The molecule has 3 rings (SSSR count). The van der Waals surface area contributed by atoms with Crippen molar-refractivity contribution >= 4 is 0 Å². The Bertz CT molecular complexity index is 429. The highest BCUT2D eigenvalue weighted by molar-refractivity contribution is 5.40. The average Bonchev–Trinajstić information content (AvgIpc) is 2.85. The van der Waals surface area contributed by atoms with Crippen molar-refractivity contribution in [3.05, 3.63) is 41.0 Å². The van der Waals surface area contributed by atoms with E-state index >= 15 is 0 Å². The molecule has 2 nitrogen and oxygen atoms in total. The van der Waals surface area contributed by atoms with E-state index in [1.54, 1.807) is 5.57 Å². The first kappa shape index (κ1) is 10.8. The molecule has 2 aliphatic heterocycles. The monoisotopic (exact) mass is 229 g/mol. The zero-order valence-corrected chi connectivity index (χ0v) is 10.2. The highest BCUT2D eigenvalue weighted by atomic mass is 16.5. The van der Waals surface area contributed by atoms with Gasteiger partial charge in [-0.1, -0.05) is 23.8 Å². The minimum Gasteiger partial charge on any atom is -0.493 e. The molecule has 1 N–H and O–H groups in total. The first-order valence-electron chi connectivity index (χ1n) is 6.55. The molecule has 1 aromatic rings. The third-order valence-electron chi connectivity index (χ3n) is 3.58. The number of ether oxygens (including phenoxy) is 1. The Morgan fingerprint density at radius 2 is 2.29 bits per heavy atom. The number of hydrogen-bond donors (Lipinski definition) is 1. The van der Waals surface area contributed by atoms with Crippen LogP contribution in [0.15, 0.2) is 29.8 Å². The molecule has 17 heavy (non-hydrogen) atoms. The summed E-state index contributed by atoms with van der Waals surface area (Å²) < 4.78 is 5.52. The second-order valence-corrected chi connectivity index (χ2v) is 4.89. The zero-order chi connectivity index (χ0) is 11.5. The van der Waals surface area contributed by atoms with Crippen molar-refractivity contribution in [2.45, 2.75) is 25.7 Å². The first-order chi connectivity index (χ1) is 8.42. The Morgan fingerprint density at radius 1 is 1.29 bits per heavy atom. The van der Waals surface area contributed by atoms with Crippen molar-refractivity contribution in [3.8, 4) is 5.75 Å². The molecular weight excluding hydrogens is 210 g/mol. The maximum atomic E-state index is 5.52. The molecule has 0 atom stereocenters. The number of benzene rings is 1. The Balaban J connectivity index is 1.68. The largest absolute Gasteiger partial charge is 0.493 e. The molecule has 0 amide bonds. The van der Waals surface area contributed by atoms with Crippen LogP contribution in [0, 0.1) is 0 Å². The fourth-order valence-electron chi connectivity index (χ4n) is 2.58. The summed E-state index contributed by atoms with van der Waals surface area (Å²) in [5.74, 6) is 1.08. The highest BCUT2D eigenvalue weighted by Gasteiger charge is 2.11. The Morgan fingerprint density at radius 3 is 3.18 bits per heavy atom. The second-order valence-electron chi connectivity index (χ2n) is 4.89. The quantitative estimate of drug-likeness (QED) is 0.787. The Hall–Kier alpha value is -1.28. The summed E-state index contributed by atoms with van der Waals surface area (Å²) >= 11 is 0. The first-order valence-corrected chi connectivity index (χ1v) is 6.55. The van der Waals surface area contributed by atoms with Crippen LogP contribution in [0.3, 0.4) is 0 Å². The molecular formula is C15H19NO. The van der Waals surface area contributed by atoms with Crippen LogP contribution in [0.2, 0.25) is 0 Å². The van der Waals surface area contributed by atoms with Crippen molar-refractivity contribution in [1.29, 1.82) is 0 Å². The van der Waals surface area contributed by atoms with E-state index in [4.69, 9.17) is 4.74 Å². The van der Waals surface area contributed by atoms with E-state index in [0.717, 1.165) is 31.7 Å². The minimum atomic E-state index is 0.851. The van der Waals surface area contributed by atoms with E-state index in [2.05, 4.69) is 29.6 Å². The van der Waals surface area contributed by atoms with Crippen LogP contribution in [-0.4, -0.2) is 19.7 Å². The molecule has 1 saturated heterocycles. The smallest absolute Gasteiger partial charge is 0.122 e. The van der Waals surface area contributed by atoms with Gasteiger partial charge in [-0.3, -0.25) is 0 Å². The van der Waals surface area contributed by atoms with E-state index in [0.29, 0.717) is 0 Å². The molecule has 1 aromatic carbocycles. The van der Waals surface area contributed by atoms with Gasteiger partial charge in [0.2, 0.25) is 0 Å². The van der Waals surface area contributed by atoms with Crippen molar-refractivity contribution in [2.75, 3.05) is 19.7 Å². The maximum absolute atomic E-state index is 5.52. The lowest BCUT2D eigenvalue weighted by Crippen LogP contribution is -2.23. The molecule has 0 unspecified atom stereocenters. The number of piperidine rings is 1. The summed E-state index contributed by atoms with van der Waals surface area (Å²) in [7, 11) is 0. The number of fused-ring (bicyclic) bond motifs is 1. The number of allylic oxidation sites excluding steroid dienone is 1. The molecule has 2 heterocycles. The molecule has 2 heteroatoms. The zero-order valence-electron chi connectivity index (χ0n) is 10.2. The molecule has 0 radical (unpaired) electrons. The molecule has 2 aliphatic rings. The Kier molecular flexibility index (Phi) is 3.14. The SMILES string of the molecule is C(/Cc1ccc2c(c1)CCO2)=C1/CCCNC1. The van der Waals surface area contributed by atoms with Gasteiger partial charge in [0.25, 0.3) is 0 Å². The highest BCUT2D eigenvalue weighted by Crippen LogP contribution is 2.26. The van der Waals surface area contributed by atoms with Crippen LogP contribution >= 0.6 is 0 Å². The second kappa shape index (κ2) is 4.92. The Labute approximate surface area is 103 Å². The molecule has 90 valence electrons. The fraction of sp³-hybridized carbons (Fsp3) is 0.467. The minimum absolute atomic E-state index is 0.851. The average molecular weight is 229 g/mol. The lowest BCUT2D eigenvalue weighted by atomic mass is 10.0. The van der Waals surface area contributed by atoms with E-state index in [1.165, 1.54) is 30.5 Å². The predicted octanol–water partition coefficient (Wildman–Crippen LogP) is 2.47. The van der Waals surface area contributed by atoms with Gasteiger partial charge in [-0.2, -0.15) is 0 Å². The van der Waals surface area contributed by atoms with E-state index in [1.807, 2.05) is 0 Å². The van der Waals surface area contributed by atoms with Gasteiger partial charge in [0, 0.05) is 13.0 Å². The van der Waals surface area contributed by atoms with Crippen molar-refractivity contribution in [2.24, 2.45) is 0 Å². The summed E-state index contributed by atoms with van der Waals surface area (Å²) in [4.78, 5) is 0. The summed E-state index contributed by atoms with van der Waals surface area (Å²) in [5.41, 5.74) is 4.35. The van der Waals surface area contributed by atoms with Crippen molar-refractivity contribution < 1.29 is 4.74 Å². The summed E-state index contributed by atoms with van der Waals surface area (Å²) in [6.45, 7) is 3.10. The van der Waals surface area contributed by atoms with E-state index < -0.39 is 0 Å². The van der Waals surface area contributed by atoms with Gasteiger partial charge in [0.15, 0.2) is 0 Å². The molecule has 1 fully saturated rings. The normalized spacial score (nSPS) is 21.3. The van der Waals surface area contributed by atoms with Gasteiger partial charge >= 0.3 is 0 Å². The third-order valence-corrected chi connectivity index (χ3v) is 3.58. The van der Waals surface area contributed by atoms with Crippen LogP contribution in [0.25, 0.3) is 0 Å². The lowest BCUT2D eigenvalue weighted by Gasteiger charge is -2.15. The third kappa shape index (κ3) is 2.52. The van der Waals surface area contributed by atoms with Gasteiger partial charge in [0.05, 0.1) is 6.61 Å². The molecule has 0 saturated carbocycles. The predicted molar refractivity (Wildman–Crippen MR) is 69.5 cm³/mol. The van der Waals surface area contributed by atoms with Crippen molar-refractivity contribution in [1.82, 2.24) is 5.32 Å². The van der Waals surface area contributed by atoms with Gasteiger partial charge < -0.3 is 10.1 Å². The number of hydrogen-bond acceptors (Lipinski definition) is 2. The summed E-state index contributed by atoms with van der Waals surface area (Å²) in [6.07, 6.45) is 7.07. The van der Waals surface area contributed by atoms with Crippen LogP contribution in [-0.2, 0) is 12.8 Å². The van der Waals surface area contributed by atoms with E-state index in [-0.39, 0.29) is 0 Å². The summed E-state index contributed by atoms with van der Waals surface area (Å²) in [6, 6.07) is 6.61. The van der Waals surface area contributed by atoms with Gasteiger partial charge in [-0.05, 0) is 43.0 Å². The standard InChI is InChI=1S/C15H19NO/c1-2-13(11-16-8-1)4-3-12-5-6-15-14(10-12)7-9-17-15/h4-6,10,16H,1-3,7-9,11H2/b13-4+. The van der Waals surface area contributed by atoms with Crippen molar-refractivity contribution in [3.63, 3.8) is 0 Å². The molecule has 0 aliphatic carbocycles. The maximum Gasteiger partial charge on any atom is 0.122 e. The van der Waals surface area contributed by atoms with E-state index in [9.17, 15) is 0 Å². The van der Waals surface area contributed by atoms with Gasteiger partial charge in [-0.25, -0.2) is 0 Å². The molecule has 0 spiro atoms. The topological polar surface area (TPSA) is 21.3 Å². The van der Waals surface area contributed by atoms with Crippen LogP contribution in [0.4, 0.5) is 0 Å². The number of nitrogens with one attached hydrogen (secondary N) is 1. The van der Waals surface area contributed by atoms with Gasteiger partial charge in [0.1, 0.15) is 5.75 Å². The lowest BCUT2D eigenvalue weighted by molar-refractivity contribution is 0.357. The van der Waals surface area contributed by atoms with Crippen LogP contribution < -0.4 is 10.1 Å². The van der Waals surface area contributed by atoms with Crippen LogP contribution in [0.1, 0.15) is 24.0 Å². The summed E-state index contributed by atoms with van der Waals surface area (Å²) in [5, 5.41) is 3.42. The van der Waals surface area contributed by atoms with Gasteiger partial charge in [-0.15, -0.1) is 0 Å². The fourth-order valence-corrected chi connectivity index (χ4v) is 2.58. The molecule has 0 bridgehead atoms. The number of rotatable bonds is 2.